The number of rotatable bonds is 4. The molecule has 1 aromatic carbocycles. The molecule has 1 fully saturated rings. The summed E-state index contributed by atoms with van der Waals surface area (Å²) in [5.41, 5.74) is 1.28. The lowest BCUT2D eigenvalue weighted by atomic mass is 9.89. The van der Waals surface area contributed by atoms with Crippen LogP contribution < -0.4 is 5.32 Å². The highest BCUT2D eigenvalue weighted by atomic mass is 35.5. The lowest BCUT2D eigenvalue weighted by Crippen LogP contribution is -2.45. The number of halogens is 1. The minimum Gasteiger partial charge on any atom is -0.375 e. The van der Waals surface area contributed by atoms with E-state index in [1.807, 2.05) is 18.2 Å². The summed E-state index contributed by atoms with van der Waals surface area (Å²) in [7, 11) is 0. The third-order valence-electron chi connectivity index (χ3n) is 4.18. The van der Waals surface area contributed by atoms with Crippen molar-refractivity contribution in [2.75, 3.05) is 6.61 Å². The topological polar surface area (TPSA) is 21.3 Å². The average Bonchev–Trinajstić information content (AvgIpc) is 2.39. The number of hydrogen-bond acceptors (Lipinski definition) is 2. The summed E-state index contributed by atoms with van der Waals surface area (Å²) >= 11 is 6.05. The van der Waals surface area contributed by atoms with E-state index in [2.05, 4.69) is 32.2 Å². The summed E-state index contributed by atoms with van der Waals surface area (Å²) in [5, 5.41) is 4.52. The number of benzene rings is 1. The van der Waals surface area contributed by atoms with E-state index in [0.717, 1.165) is 30.9 Å². The van der Waals surface area contributed by atoms with E-state index in [0.29, 0.717) is 12.1 Å². The van der Waals surface area contributed by atoms with Gasteiger partial charge in [0.2, 0.25) is 0 Å². The Labute approximate surface area is 121 Å². The lowest BCUT2D eigenvalue weighted by Gasteiger charge is -2.39. The van der Waals surface area contributed by atoms with Crippen LogP contribution in [0.15, 0.2) is 24.3 Å². The van der Waals surface area contributed by atoms with Crippen LogP contribution in [-0.4, -0.2) is 18.2 Å². The van der Waals surface area contributed by atoms with Crippen molar-refractivity contribution < 1.29 is 4.74 Å². The molecule has 3 atom stereocenters. The Kier molecular flexibility index (Phi) is 4.88. The van der Waals surface area contributed by atoms with Crippen LogP contribution in [0.5, 0.6) is 0 Å². The standard InChI is InChI=1S/C16H24ClNO/c1-4-16(3)11-15(8-9-19-16)18-12(2)13-6-5-7-14(17)10-13/h5-7,10,12,15,18H,4,8-9,11H2,1-3H3. The van der Waals surface area contributed by atoms with Crippen molar-refractivity contribution in [2.45, 2.75) is 57.7 Å². The van der Waals surface area contributed by atoms with Gasteiger partial charge in [-0.05, 0) is 50.8 Å². The predicted octanol–water partition coefficient (Wildman–Crippen LogP) is 4.34. The smallest absolute Gasteiger partial charge is 0.0666 e. The Hall–Kier alpha value is -0.570. The molecule has 3 heteroatoms. The highest BCUT2D eigenvalue weighted by Gasteiger charge is 2.32. The van der Waals surface area contributed by atoms with Gasteiger partial charge >= 0.3 is 0 Å². The van der Waals surface area contributed by atoms with Crippen LogP contribution in [0.25, 0.3) is 0 Å². The number of nitrogens with one attached hydrogen (secondary N) is 1. The van der Waals surface area contributed by atoms with Gasteiger partial charge in [0, 0.05) is 23.7 Å². The molecular weight excluding hydrogens is 258 g/mol. The van der Waals surface area contributed by atoms with Gasteiger partial charge in [0.25, 0.3) is 0 Å². The maximum atomic E-state index is 6.05. The van der Waals surface area contributed by atoms with Gasteiger partial charge in [-0.2, -0.15) is 0 Å². The molecule has 1 N–H and O–H groups in total. The van der Waals surface area contributed by atoms with Crippen LogP contribution in [-0.2, 0) is 4.74 Å². The highest BCUT2D eigenvalue weighted by Crippen LogP contribution is 2.29. The molecule has 2 nitrogen and oxygen atoms in total. The lowest BCUT2D eigenvalue weighted by molar-refractivity contribution is -0.0789. The van der Waals surface area contributed by atoms with Gasteiger partial charge in [-0.25, -0.2) is 0 Å². The number of hydrogen-bond donors (Lipinski definition) is 1. The second-order valence-corrected chi connectivity index (χ2v) is 6.22. The van der Waals surface area contributed by atoms with Gasteiger partial charge in [-0.3, -0.25) is 0 Å². The maximum Gasteiger partial charge on any atom is 0.0666 e. The molecule has 1 aliphatic heterocycles. The van der Waals surface area contributed by atoms with Crippen molar-refractivity contribution in [3.63, 3.8) is 0 Å². The summed E-state index contributed by atoms with van der Waals surface area (Å²) in [5.74, 6) is 0. The second kappa shape index (κ2) is 6.25. The summed E-state index contributed by atoms with van der Waals surface area (Å²) in [6.45, 7) is 7.46. The van der Waals surface area contributed by atoms with Gasteiger partial charge in [0.1, 0.15) is 0 Å². The van der Waals surface area contributed by atoms with Crippen LogP contribution >= 0.6 is 11.6 Å². The first-order valence-electron chi connectivity index (χ1n) is 7.18. The zero-order valence-electron chi connectivity index (χ0n) is 12.1. The molecule has 1 heterocycles. The van der Waals surface area contributed by atoms with Gasteiger partial charge in [-0.1, -0.05) is 30.7 Å². The van der Waals surface area contributed by atoms with Crippen molar-refractivity contribution in [2.24, 2.45) is 0 Å². The molecule has 0 saturated carbocycles. The minimum atomic E-state index is 0.0317. The Balaban J connectivity index is 1.97. The molecule has 0 radical (unpaired) electrons. The molecule has 0 aromatic heterocycles. The summed E-state index contributed by atoms with van der Waals surface area (Å²) in [6.07, 6.45) is 3.23. The van der Waals surface area contributed by atoms with Crippen molar-refractivity contribution in [1.82, 2.24) is 5.32 Å². The fraction of sp³-hybridized carbons (Fsp3) is 0.625. The summed E-state index contributed by atoms with van der Waals surface area (Å²) in [4.78, 5) is 0. The molecule has 1 aromatic rings. The summed E-state index contributed by atoms with van der Waals surface area (Å²) < 4.78 is 5.89. The summed E-state index contributed by atoms with van der Waals surface area (Å²) in [6, 6.07) is 8.94. The Morgan fingerprint density at radius 2 is 2.32 bits per heavy atom. The van der Waals surface area contributed by atoms with Crippen molar-refractivity contribution in [1.29, 1.82) is 0 Å². The Morgan fingerprint density at radius 3 is 3.00 bits per heavy atom. The van der Waals surface area contributed by atoms with E-state index in [-0.39, 0.29) is 5.60 Å². The van der Waals surface area contributed by atoms with E-state index >= 15 is 0 Å². The Morgan fingerprint density at radius 1 is 1.53 bits per heavy atom. The Bertz CT molecular complexity index is 423. The fourth-order valence-electron chi connectivity index (χ4n) is 2.74. The van der Waals surface area contributed by atoms with E-state index < -0.39 is 0 Å². The van der Waals surface area contributed by atoms with E-state index in [4.69, 9.17) is 16.3 Å². The molecule has 0 amide bonds. The fourth-order valence-corrected chi connectivity index (χ4v) is 2.94. The highest BCUT2D eigenvalue weighted by molar-refractivity contribution is 6.30. The van der Waals surface area contributed by atoms with E-state index in [1.54, 1.807) is 0 Å². The molecule has 2 rings (SSSR count). The van der Waals surface area contributed by atoms with Gasteiger partial charge in [0.15, 0.2) is 0 Å². The second-order valence-electron chi connectivity index (χ2n) is 5.79. The van der Waals surface area contributed by atoms with Gasteiger partial charge in [-0.15, -0.1) is 0 Å². The molecule has 1 saturated heterocycles. The van der Waals surface area contributed by atoms with Crippen molar-refractivity contribution in [3.05, 3.63) is 34.9 Å². The maximum absolute atomic E-state index is 6.05. The monoisotopic (exact) mass is 281 g/mol. The van der Waals surface area contributed by atoms with Crippen molar-refractivity contribution >= 4 is 11.6 Å². The molecule has 3 unspecified atom stereocenters. The first kappa shape index (κ1) is 14.8. The molecule has 106 valence electrons. The minimum absolute atomic E-state index is 0.0317. The number of ether oxygens (including phenoxy) is 1. The van der Waals surface area contributed by atoms with Crippen LogP contribution in [0.2, 0.25) is 5.02 Å². The first-order chi connectivity index (χ1) is 9.02. The SMILES string of the molecule is CCC1(C)CC(NC(C)c2cccc(Cl)c2)CCO1. The van der Waals surface area contributed by atoms with Gasteiger partial charge in [0.05, 0.1) is 5.60 Å². The molecule has 0 bridgehead atoms. The van der Waals surface area contributed by atoms with Crippen LogP contribution in [0, 0.1) is 0 Å². The molecular formula is C16H24ClNO. The van der Waals surface area contributed by atoms with Crippen molar-refractivity contribution in [3.8, 4) is 0 Å². The van der Waals surface area contributed by atoms with Crippen LogP contribution in [0.4, 0.5) is 0 Å². The first-order valence-corrected chi connectivity index (χ1v) is 7.56. The molecule has 0 aliphatic carbocycles. The van der Waals surface area contributed by atoms with Gasteiger partial charge < -0.3 is 10.1 Å². The zero-order chi connectivity index (χ0) is 13.9. The molecule has 19 heavy (non-hydrogen) atoms. The largest absolute Gasteiger partial charge is 0.375 e. The molecule has 0 spiro atoms. The van der Waals surface area contributed by atoms with Crippen LogP contribution in [0.3, 0.4) is 0 Å². The third kappa shape index (κ3) is 3.95. The normalized spacial score (nSPS) is 29.2. The van der Waals surface area contributed by atoms with E-state index in [9.17, 15) is 0 Å². The van der Waals surface area contributed by atoms with E-state index in [1.165, 1.54) is 5.56 Å². The average molecular weight is 282 g/mol. The zero-order valence-corrected chi connectivity index (χ0v) is 12.8. The predicted molar refractivity (Wildman–Crippen MR) is 80.7 cm³/mol. The third-order valence-corrected chi connectivity index (χ3v) is 4.41. The quantitative estimate of drug-likeness (QED) is 0.886. The molecule has 1 aliphatic rings. The van der Waals surface area contributed by atoms with Crippen LogP contribution in [0.1, 0.15) is 51.6 Å².